The van der Waals surface area contributed by atoms with Crippen LogP contribution >= 0.6 is 11.3 Å². The molecule has 2 rings (SSSR count). The molecule has 2 aromatic rings. The normalized spacial score (nSPS) is 11.5. The molecular weight excluding hydrogens is 298 g/mol. The molecule has 0 aliphatic heterocycles. The molecule has 0 saturated carbocycles. The first kappa shape index (κ1) is 16.5. The Labute approximate surface area is 134 Å². The quantitative estimate of drug-likeness (QED) is 0.900. The number of carbonyl (C=O) groups is 1. The molecule has 0 aliphatic carbocycles. The van der Waals surface area contributed by atoms with Gasteiger partial charge in [0, 0.05) is 16.5 Å². The van der Waals surface area contributed by atoms with Crippen molar-refractivity contribution in [1.29, 1.82) is 0 Å². The molecule has 22 heavy (non-hydrogen) atoms. The molecule has 1 aromatic heterocycles. The molecule has 0 radical (unpaired) electrons. The standard InChI is InChI=1S/C17H21NO3S/c1-5-21-14-7-6-11(8-12(14)17(2,3)4)13-10-22-15(18-13)9-16(19)20/h6-8,10H,5,9H2,1-4H3,(H,19,20). The summed E-state index contributed by atoms with van der Waals surface area (Å²) in [6.45, 7) is 9.03. The maximum absolute atomic E-state index is 10.8. The van der Waals surface area contributed by atoms with Crippen molar-refractivity contribution in [2.24, 2.45) is 0 Å². The number of thiazole rings is 1. The minimum atomic E-state index is -0.858. The van der Waals surface area contributed by atoms with Crippen molar-refractivity contribution in [3.63, 3.8) is 0 Å². The van der Waals surface area contributed by atoms with Crippen molar-refractivity contribution in [3.05, 3.63) is 34.2 Å². The molecule has 0 saturated heterocycles. The minimum absolute atomic E-state index is 0.0339. The van der Waals surface area contributed by atoms with E-state index in [0.717, 1.165) is 22.6 Å². The average Bonchev–Trinajstić information content (AvgIpc) is 2.86. The summed E-state index contributed by atoms with van der Waals surface area (Å²) in [4.78, 5) is 15.2. The van der Waals surface area contributed by atoms with Gasteiger partial charge >= 0.3 is 5.97 Å². The van der Waals surface area contributed by atoms with Crippen LogP contribution in [0.1, 0.15) is 38.3 Å². The molecule has 0 spiro atoms. The van der Waals surface area contributed by atoms with Crippen LogP contribution in [0.2, 0.25) is 0 Å². The number of benzene rings is 1. The van der Waals surface area contributed by atoms with E-state index in [0.29, 0.717) is 11.6 Å². The first-order valence-electron chi connectivity index (χ1n) is 7.25. The van der Waals surface area contributed by atoms with Gasteiger partial charge < -0.3 is 9.84 Å². The molecule has 0 fully saturated rings. The molecule has 4 nitrogen and oxygen atoms in total. The fourth-order valence-electron chi connectivity index (χ4n) is 2.21. The summed E-state index contributed by atoms with van der Waals surface area (Å²) >= 11 is 1.38. The third-order valence-electron chi connectivity index (χ3n) is 3.24. The number of nitrogens with zero attached hydrogens (tertiary/aromatic N) is 1. The van der Waals surface area contributed by atoms with Gasteiger partial charge in [0.15, 0.2) is 0 Å². The summed E-state index contributed by atoms with van der Waals surface area (Å²) in [6, 6.07) is 6.03. The van der Waals surface area contributed by atoms with E-state index < -0.39 is 5.97 Å². The fourth-order valence-corrected chi connectivity index (χ4v) is 3.01. The van der Waals surface area contributed by atoms with Crippen LogP contribution in [0.25, 0.3) is 11.3 Å². The molecular formula is C17H21NO3S. The number of carboxylic acids is 1. The highest BCUT2D eigenvalue weighted by atomic mass is 32.1. The number of aromatic nitrogens is 1. The smallest absolute Gasteiger partial charge is 0.310 e. The van der Waals surface area contributed by atoms with Gasteiger partial charge in [-0.3, -0.25) is 4.79 Å². The molecule has 5 heteroatoms. The van der Waals surface area contributed by atoms with Crippen LogP contribution in [0, 0.1) is 0 Å². The van der Waals surface area contributed by atoms with E-state index in [1.54, 1.807) is 0 Å². The third-order valence-corrected chi connectivity index (χ3v) is 4.09. The average molecular weight is 319 g/mol. The Bertz CT molecular complexity index is 671. The van der Waals surface area contributed by atoms with Crippen molar-refractivity contribution in [2.45, 2.75) is 39.5 Å². The van der Waals surface area contributed by atoms with Gasteiger partial charge in [-0.15, -0.1) is 11.3 Å². The van der Waals surface area contributed by atoms with Crippen molar-refractivity contribution in [2.75, 3.05) is 6.61 Å². The number of ether oxygens (including phenoxy) is 1. The van der Waals surface area contributed by atoms with E-state index in [9.17, 15) is 4.79 Å². The second-order valence-electron chi connectivity index (χ2n) is 6.09. The molecule has 1 N–H and O–H groups in total. The lowest BCUT2D eigenvalue weighted by Gasteiger charge is -2.23. The van der Waals surface area contributed by atoms with Gasteiger partial charge in [0.2, 0.25) is 0 Å². The zero-order valence-electron chi connectivity index (χ0n) is 13.3. The lowest BCUT2D eigenvalue weighted by molar-refractivity contribution is -0.136. The second-order valence-corrected chi connectivity index (χ2v) is 7.03. The first-order chi connectivity index (χ1) is 10.3. The summed E-state index contributed by atoms with van der Waals surface area (Å²) in [6.07, 6.45) is -0.0339. The minimum Gasteiger partial charge on any atom is -0.494 e. The van der Waals surface area contributed by atoms with Crippen LogP contribution in [0.4, 0.5) is 0 Å². The Morgan fingerprint density at radius 1 is 1.36 bits per heavy atom. The van der Waals surface area contributed by atoms with Crippen LogP contribution in [0.15, 0.2) is 23.6 Å². The molecule has 0 unspecified atom stereocenters. The predicted molar refractivity (Wildman–Crippen MR) is 88.8 cm³/mol. The summed E-state index contributed by atoms with van der Waals surface area (Å²) in [5.41, 5.74) is 2.89. The van der Waals surface area contributed by atoms with Crippen LogP contribution < -0.4 is 4.74 Å². The fraction of sp³-hybridized carbons (Fsp3) is 0.412. The van der Waals surface area contributed by atoms with Gasteiger partial charge in [0.1, 0.15) is 10.8 Å². The molecule has 1 aromatic carbocycles. The highest BCUT2D eigenvalue weighted by Gasteiger charge is 2.20. The van der Waals surface area contributed by atoms with Gasteiger partial charge in [-0.1, -0.05) is 20.8 Å². The Hall–Kier alpha value is -1.88. The van der Waals surface area contributed by atoms with Crippen molar-refractivity contribution >= 4 is 17.3 Å². The second kappa shape index (κ2) is 6.48. The van der Waals surface area contributed by atoms with Gasteiger partial charge in [-0.2, -0.15) is 0 Å². The molecule has 0 bridgehead atoms. The lowest BCUT2D eigenvalue weighted by Crippen LogP contribution is -2.13. The number of hydrogen-bond donors (Lipinski definition) is 1. The zero-order chi connectivity index (χ0) is 16.3. The first-order valence-corrected chi connectivity index (χ1v) is 8.13. The zero-order valence-corrected chi connectivity index (χ0v) is 14.2. The highest BCUT2D eigenvalue weighted by molar-refractivity contribution is 7.10. The topological polar surface area (TPSA) is 59.4 Å². The van der Waals surface area contributed by atoms with E-state index >= 15 is 0 Å². The van der Waals surface area contributed by atoms with Gasteiger partial charge in [-0.05, 0) is 30.5 Å². The van der Waals surface area contributed by atoms with E-state index in [4.69, 9.17) is 9.84 Å². The molecule has 0 amide bonds. The van der Waals surface area contributed by atoms with Crippen LogP contribution in [0.5, 0.6) is 5.75 Å². The van der Waals surface area contributed by atoms with E-state index in [1.807, 2.05) is 24.4 Å². The molecule has 118 valence electrons. The monoisotopic (exact) mass is 319 g/mol. The summed E-state index contributed by atoms with van der Waals surface area (Å²) < 4.78 is 5.72. The number of carboxylic acid groups (broad SMARTS) is 1. The number of rotatable bonds is 5. The van der Waals surface area contributed by atoms with Crippen molar-refractivity contribution in [1.82, 2.24) is 4.98 Å². The van der Waals surface area contributed by atoms with Crippen molar-refractivity contribution < 1.29 is 14.6 Å². The Morgan fingerprint density at radius 3 is 2.68 bits per heavy atom. The van der Waals surface area contributed by atoms with Gasteiger partial charge in [0.05, 0.1) is 18.7 Å². The maximum atomic E-state index is 10.8. The highest BCUT2D eigenvalue weighted by Crippen LogP contribution is 2.35. The van der Waals surface area contributed by atoms with Gasteiger partial charge in [0.25, 0.3) is 0 Å². The van der Waals surface area contributed by atoms with Crippen LogP contribution in [-0.4, -0.2) is 22.7 Å². The lowest BCUT2D eigenvalue weighted by atomic mass is 9.85. The van der Waals surface area contributed by atoms with E-state index in [1.165, 1.54) is 11.3 Å². The molecule has 0 aliphatic rings. The number of aliphatic carboxylic acids is 1. The van der Waals surface area contributed by atoms with Crippen LogP contribution in [-0.2, 0) is 16.6 Å². The summed E-state index contributed by atoms with van der Waals surface area (Å²) in [7, 11) is 0. The van der Waals surface area contributed by atoms with E-state index in [-0.39, 0.29) is 11.8 Å². The Kier molecular flexibility index (Phi) is 4.86. The predicted octanol–water partition coefficient (Wildman–Crippen LogP) is 4.13. The van der Waals surface area contributed by atoms with Crippen LogP contribution in [0.3, 0.4) is 0 Å². The summed E-state index contributed by atoms with van der Waals surface area (Å²) in [5, 5.41) is 11.4. The van der Waals surface area contributed by atoms with E-state index in [2.05, 4.69) is 31.8 Å². The Morgan fingerprint density at radius 2 is 2.09 bits per heavy atom. The molecule has 0 atom stereocenters. The number of hydrogen-bond acceptors (Lipinski definition) is 4. The summed E-state index contributed by atoms with van der Waals surface area (Å²) in [5.74, 6) is 0.0303. The van der Waals surface area contributed by atoms with Crippen molar-refractivity contribution in [3.8, 4) is 17.0 Å². The van der Waals surface area contributed by atoms with Gasteiger partial charge in [-0.25, -0.2) is 4.98 Å². The Balaban J connectivity index is 2.40. The SMILES string of the molecule is CCOc1ccc(-c2csc(CC(=O)O)n2)cc1C(C)(C)C. The maximum Gasteiger partial charge on any atom is 0.310 e. The largest absolute Gasteiger partial charge is 0.494 e. The molecule has 1 heterocycles. The third kappa shape index (κ3) is 3.85.